The molecule has 5 nitrogen and oxygen atoms in total. The van der Waals surface area contributed by atoms with Gasteiger partial charge in [-0.3, -0.25) is 0 Å². The van der Waals surface area contributed by atoms with E-state index >= 15 is 0 Å². The summed E-state index contributed by atoms with van der Waals surface area (Å²) in [5.41, 5.74) is 0.0135. The van der Waals surface area contributed by atoms with Gasteiger partial charge in [0.2, 0.25) is 0 Å². The summed E-state index contributed by atoms with van der Waals surface area (Å²) in [5, 5.41) is 8.88. The van der Waals surface area contributed by atoms with E-state index in [1.807, 2.05) is 13.8 Å². The molecule has 2 N–H and O–H groups in total. The predicted molar refractivity (Wildman–Crippen MR) is 63.2 cm³/mol. The van der Waals surface area contributed by atoms with Crippen molar-refractivity contribution in [1.82, 2.24) is 9.03 Å². The first-order valence-electron chi connectivity index (χ1n) is 5.66. The van der Waals surface area contributed by atoms with Crippen LogP contribution >= 0.6 is 0 Å². The summed E-state index contributed by atoms with van der Waals surface area (Å²) in [7, 11) is -1.80. The Morgan fingerprint density at radius 2 is 2.00 bits per heavy atom. The van der Waals surface area contributed by atoms with Crippen molar-refractivity contribution in [3.05, 3.63) is 0 Å². The molecule has 6 heteroatoms. The topological polar surface area (TPSA) is 69.6 Å². The van der Waals surface area contributed by atoms with Gasteiger partial charge in [0.05, 0.1) is 0 Å². The van der Waals surface area contributed by atoms with E-state index in [1.165, 1.54) is 4.31 Å². The molecule has 0 heterocycles. The third kappa shape index (κ3) is 3.41. The number of nitrogens with zero attached hydrogens (tertiary/aromatic N) is 1. The number of rotatable bonds is 7. The molecule has 0 spiro atoms. The molecule has 16 heavy (non-hydrogen) atoms. The molecule has 1 aliphatic rings. The lowest BCUT2D eigenvalue weighted by Gasteiger charge is -2.23. The van der Waals surface area contributed by atoms with E-state index in [1.54, 1.807) is 7.05 Å². The second-order valence-electron chi connectivity index (χ2n) is 4.91. The summed E-state index contributed by atoms with van der Waals surface area (Å²) in [6.07, 6.45) is 2.68. The van der Waals surface area contributed by atoms with E-state index in [0.29, 0.717) is 13.0 Å². The lowest BCUT2D eigenvalue weighted by Crippen LogP contribution is -2.43. The van der Waals surface area contributed by atoms with Gasteiger partial charge < -0.3 is 5.11 Å². The SMILES string of the molecule is CC(C)N(C)S(=O)(=O)NCC1(CCO)CC1. The first kappa shape index (κ1) is 13.9. The van der Waals surface area contributed by atoms with Crippen molar-refractivity contribution in [3.8, 4) is 0 Å². The molecule has 0 aromatic rings. The Labute approximate surface area is 98.0 Å². The highest BCUT2D eigenvalue weighted by molar-refractivity contribution is 7.87. The second kappa shape index (κ2) is 5.00. The molecule has 0 aliphatic heterocycles. The molecule has 1 aliphatic carbocycles. The third-order valence-electron chi connectivity index (χ3n) is 3.34. The third-order valence-corrected chi connectivity index (χ3v) is 5.02. The normalized spacial score (nSPS) is 19.4. The van der Waals surface area contributed by atoms with Gasteiger partial charge in [-0.25, -0.2) is 4.72 Å². The average Bonchev–Trinajstić information content (AvgIpc) is 2.95. The van der Waals surface area contributed by atoms with Gasteiger partial charge in [0.1, 0.15) is 0 Å². The van der Waals surface area contributed by atoms with E-state index in [4.69, 9.17) is 5.11 Å². The Morgan fingerprint density at radius 1 is 1.44 bits per heavy atom. The summed E-state index contributed by atoms with van der Waals surface area (Å²) < 4.78 is 27.5. The van der Waals surface area contributed by atoms with Gasteiger partial charge in [0.15, 0.2) is 0 Å². The van der Waals surface area contributed by atoms with Crippen LogP contribution in [0.15, 0.2) is 0 Å². The number of aliphatic hydroxyl groups excluding tert-OH is 1. The summed E-state index contributed by atoms with van der Waals surface area (Å²) >= 11 is 0. The molecular weight excluding hydrogens is 228 g/mol. The van der Waals surface area contributed by atoms with Crippen LogP contribution in [0.1, 0.15) is 33.1 Å². The fourth-order valence-corrected chi connectivity index (χ4v) is 2.80. The van der Waals surface area contributed by atoms with Gasteiger partial charge in [-0.2, -0.15) is 12.7 Å². The van der Waals surface area contributed by atoms with Gasteiger partial charge in [0, 0.05) is 26.2 Å². The van der Waals surface area contributed by atoms with E-state index < -0.39 is 10.2 Å². The van der Waals surface area contributed by atoms with Crippen LogP contribution in [0.3, 0.4) is 0 Å². The lowest BCUT2D eigenvalue weighted by atomic mass is 10.0. The standard InChI is InChI=1S/C10H22N2O3S/c1-9(2)12(3)16(14,15)11-8-10(4-5-10)6-7-13/h9,11,13H,4-8H2,1-3H3. The van der Waals surface area contributed by atoms with Crippen molar-refractivity contribution < 1.29 is 13.5 Å². The minimum Gasteiger partial charge on any atom is -0.396 e. The van der Waals surface area contributed by atoms with Gasteiger partial charge in [-0.15, -0.1) is 0 Å². The van der Waals surface area contributed by atoms with Crippen molar-refractivity contribution in [3.63, 3.8) is 0 Å². The van der Waals surface area contributed by atoms with E-state index in [2.05, 4.69) is 4.72 Å². The highest BCUT2D eigenvalue weighted by Crippen LogP contribution is 2.48. The van der Waals surface area contributed by atoms with Gasteiger partial charge in [-0.1, -0.05) is 0 Å². The number of hydrogen-bond donors (Lipinski definition) is 2. The number of nitrogens with one attached hydrogen (secondary N) is 1. The van der Waals surface area contributed by atoms with Crippen LogP contribution in [-0.2, 0) is 10.2 Å². The van der Waals surface area contributed by atoms with Crippen LogP contribution in [0, 0.1) is 5.41 Å². The van der Waals surface area contributed by atoms with E-state index in [0.717, 1.165) is 12.8 Å². The summed E-state index contributed by atoms with van der Waals surface area (Å²) in [6, 6.07) is -0.0505. The highest BCUT2D eigenvalue weighted by Gasteiger charge is 2.42. The zero-order valence-corrected chi connectivity index (χ0v) is 11.0. The number of aliphatic hydroxyl groups is 1. The Morgan fingerprint density at radius 3 is 2.38 bits per heavy atom. The maximum absolute atomic E-state index is 11.8. The molecule has 0 radical (unpaired) electrons. The average molecular weight is 250 g/mol. The molecule has 0 atom stereocenters. The molecule has 0 bridgehead atoms. The molecule has 0 amide bonds. The van der Waals surface area contributed by atoms with E-state index in [9.17, 15) is 8.42 Å². The van der Waals surface area contributed by atoms with Crippen LogP contribution in [-0.4, -0.2) is 44.1 Å². The highest BCUT2D eigenvalue weighted by atomic mass is 32.2. The fraction of sp³-hybridized carbons (Fsp3) is 1.00. The maximum Gasteiger partial charge on any atom is 0.279 e. The Balaban J connectivity index is 2.48. The van der Waals surface area contributed by atoms with Crippen LogP contribution in [0.4, 0.5) is 0 Å². The van der Waals surface area contributed by atoms with Crippen molar-refractivity contribution in [2.24, 2.45) is 5.41 Å². The first-order chi connectivity index (χ1) is 7.33. The largest absolute Gasteiger partial charge is 0.396 e. The predicted octanol–water partition coefficient (Wildman–Crippen LogP) is 0.324. The van der Waals surface area contributed by atoms with Crippen LogP contribution in [0.2, 0.25) is 0 Å². The van der Waals surface area contributed by atoms with Gasteiger partial charge >= 0.3 is 0 Å². The van der Waals surface area contributed by atoms with E-state index in [-0.39, 0.29) is 18.1 Å². The molecule has 1 saturated carbocycles. The van der Waals surface area contributed by atoms with Gasteiger partial charge in [0.25, 0.3) is 10.2 Å². The zero-order chi connectivity index (χ0) is 12.4. The summed E-state index contributed by atoms with van der Waals surface area (Å²) in [6.45, 7) is 4.23. The Kier molecular flexibility index (Phi) is 4.34. The second-order valence-corrected chi connectivity index (χ2v) is 6.72. The zero-order valence-electron chi connectivity index (χ0n) is 10.2. The minimum absolute atomic E-state index is 0.0135. The van der Waals surface area contributed by atoms with Crippen molar-refractivity contribution in [2.45, 2.75) is 39.2 Å². The lowest BCUT2D eigenvalue weighted by molar-refractivity contribution is 0.248. The molecule has 0 aromatic heterocycles. The van der Waals surface area contributed by atoms with Crippen molar-refractivity contribution >= 4 is 10.2 Å². The molecule has 0 saturated heterocycles. The van der Waals surface area contributed by atoms with Crippen LogP contribution in [0.25, 0.3) is 0 Å². The molecule has 1 rings (SSSR count). The van der Waals surface area contributed by atoms with Crippen molar-refractivity contribution in [2.75, 3.05) is 20.2 Å². The fourth-order valence-electron chi connectivity index (χ4n) is 1.55. The van der Waals surface area contributed by atoms with Crippen LogP contribution < -0.4 is 4.72 Å². The summed E-state index contributed by atoms with van der Waals surface area (Å²) in [4.78, 5) is 0. The molecule has 96 valence electrons. The van der Waals surface area contributed by atoms with Crippen molar-refractivity contribution in [1.29, 1.82) is 0 Å². The first-order valence-corrected chi connectivity index (χ1v) is 7.10. The quantitative estimate of drug-likeness (QED) is 0.684. The Bertz CT molecular complexity index is 323. The minimum atomic E-state index is -3.37. The van der Waals surface area contributed by atoms with Crippen LogP contribution in [0.5, 0.6) is 0 Å². The smallest absolute Gasteiger partial charge is 0.279 e. The molecular formula is C10H22N2O3S. The summed E-state index contributed by atoms with van der Waals surface area (Å²) in [5.74, 6) is 0. The Hall–Kier alpha value is -0.170. The molecule has 0 aromatic carbocycles. The van der Waals surface area contributed by atoms with Gasteiger partial charge in [-0.05, 0) is 38.5 Å². The number of hydrogen-bond acceptors (Lipinski definition) is 3. The monoisotopic (exact) mass is 250 g/mol. The maximum atomic E-state index is 11.8. The molecule has 0 unspecified atom stereocenters. The molecule has 1 fully saturated rings.